The minimum Gasteiger partial charge on any atom is -0.465 e. The smallest absolute Gasteiger partial charge is 0.329 e. The van der Waals surface area contributed by atoms with Crippen molar-refractivity contribution in [2.75, 3.05) is 92.4 Å². The third-order valence-corrected chi connectivity index (χ3v) is 11.7. The average molecular weight is 935 g/mol. The summed E-state index contributed by atoms with van der Waals surface area (Å²) in [5.74, 6) is -1.96. The average Bonchev–Trinajstić information content (AvgIpc) is 3.26. The molecule has 4 atom stereocenters. The van der Waals surface area contributed by atoms with E-state index in [-0.39, 0.29) is 76.4 Å². The van der Waals surface area contributed by atoms with Crippen LogP contribution in [-0.2, 0) is 70.0 Å². The van der Waals surface area contributed by atoms with Crippen LogP contribution >= 0.6 is 21.6 Å². The van der Waals surface area contributed by atoms with Crippen molar-refractivity contribution in [3.63, 3.8) is 0 Å². The predicted molar refractivity (Wildman–Crippen MR) is 238 cm³/mol. The van der Waals surface area contributed by atoms with Crippen molar-refractivity contribution in [1.29, 1.82) is 0 Å². The van der Waals surface area contributed by atoms with Crippen LogP contribution in [0.15, 0.2) is 48.5 Å². The highest BCUT2D eigenvalue weighted by Gasteiger charge is 2.26. The van der Waals surface area contributed by atoms with Gasteiger partial charge in [0.05, 0.1) is 39.1 Å². The normalized spacial score (nSPS) is 17.1. The maximum Gasteiger partial charge on any atom is 0.329 e. The molecule has 4 rings (SSSR count). The Labute approximate surface area is 382 Å². The van der Waals surface area contributed by atoms with Crippen LogP contribution in [0.5, 0.6) is 11.5 Å². The van der Waals surface area contributed by atoms with Gasteiger partial charge in [-0.3, -0.25) is 19.2 Å². The highest BCUT2D eigenvalue weighted by atomic mass is 33.1. The summed E-state index contributed by atoms with van der Waals surface area (Å²) < 4.78 is 44.1. The van der Waals surface area contributed by atoms with E-state index in [0.29, 0.717) is 24.7 Å². The van der Waals surface area contributed by atoms with Crippen molar-refractivity contribution in [2.45, 2.75) is 76.0 Å². The second-order valence-electron chi connectivity index (χ2n) is 15.5. The third-order valence-electron chi connectivity index (χ3n) is 9.25. The second-order valence-corrected chi connectivity index (χ2v) is 18.1. The molecule has 2 heterocycles. The number of benzene rings is 2. The Morgan fingerprint density at radius 2 is 0.953 bits per heavy atom. The second kappa shape index (κ2) is 29.0. The topological polar surface area (TPSA) is 207 Å². The van der Waals surface area contributed by atoms with Gasteiger partial charge in [0.25, 0.3) is 0 Å². The number of hydrogen-bond acceptors (Lipinski definition) is 18. The molecule has 2 fully saturated rings. The van der Waals surface area contributed by atoms with Gasteiger partial charge in [0.2, 0.25) is 11.8 Å². The van der Waals surface area contributed by atoms with Crippen LogP contribution in [0.3, 0.4) is 0 Å². The number of carbonyl (C=O) groups excluding carboxylic acids is 6. The third kappa shape index (κ3) is 21.4. The molecule has 2 aromatic rings. The van der Waals surface area contributed by atoms with E-state index in [4.69, 9.17) is 37.9 Å². The van der Waals surface area contributed by atoms with Crippen molar-refractivity contribution >= 4 is 57.3 Å². The summed E-state index contributed by atoms with van der Waals surface area (Å²) in [7, 11) is 9.17. The van der Waals surface area contributed by atoms with Gasteiger partial charge in [0, 0.05) is 24.3 Å². The molecule has 0 radical (unpaired) electrons. The van der Waals surface area contributed by atoms with E-state index in [1.165, 1.54) is 21.6 Å². The minimum atomic E-state index is -1.08. The van der Waals surface area contributed by atoms with Gasteiger partial charge >= 0.3 is 23.9 Å². The number of carbonyl (C=O) groups is 6. The highest BCUT2D eigenvalue weighted by Crippen LogP contribution is 2.25. The van der Waals surface area contributed by atoms with Crippen LogP contribution in [-0.4, -0.2) is 163 Å². The molecule has 354 valence electrons. The quantitative estimate of drug-likeness (QED) is 0.0572. The zero-order valence-electron chi connectivity index (χ0n) is 37.1. The van der Waals surface area contributed by atoms with Gasteiger partial charge in [-0.05, 0) is 89.3 Å². The van der Waals surface area contributed by atoms with E-state index in [2.05, 4.69) is 10.6 Å². The van der Waals surface area contributed by atoms with E-state index in [1.54, 1.807) is 86.5 Å². The Balaban J connectivity index is 1.18. The summed E-state index contributed by atoms with van der Waals surface area (Å²) in [6.07, 6.45) is 5.25. The molecule has 0 spiro atoms. The maximum atomic E-state index is 13.1. The molecule has 0 bridgehead atoms. The van der Waals surface area contributed by atoms with Gasteiger partial charge < -0.3 is 58.3 Å². The Hall–Kier alpha value is -4.60. The maximum absolute atomic E-state index is 13.1. The first-order chi connectivity index (χ1) is 30.8. The van der Waals surface area contributed by atoms with Gasteiger partial charge in [0.15, 0.2) is 12.6 Å². The molecule has 2 amide bonds. The standard InChI is InChI=1S/C44H62N4O14S2/c1-47(2)27-37(49)45-35(43(53)59-23-21-55-39(51)25-31-11-15-33(16-12-31)61-41-9-5-7-19-57-41)29-63-64-30-36(46-38(50)28-48(3)4)44(54)60-24-22-56-40(52)26-32-13-17-34(18-14-32)62-42-10-6-8-20-58-42/h11-18,35-36,41-42H,5-10,19-30H2,1-4H3,(H,45,49)(H,46,50). The molecule has 64 heavy (non-hydrogen) atoms. The van der Waals surface area contributed by atoms with Crippen molar-refractivity contribution in [3.05, 3.63) is 59.7 Å². The summed E-state index contributed by atoms with van der Waals surface area (Å²) >= 11 is 0. The lowest BCUT2D eigenvalue weighted by Gasteiger charge is -2.23. The van der Waals surface area contributed by atoms with E-state index in [1.807, 2.05) is 0 Å². The molecule has 2 saturated heterocycles. The molecule has 18 nitrogen and oxygen atoms in total. The molecule has 2 aliphatic rings. The Morgan fingerprint density at radius 1 is 0.578 bits per heavy atom. The molecule has 0 aromatic heterocycles. The molecule has 2 aliphatic heterocycles. The predicted octanol–water partition coefficient (Wildman–Crippen LogP) is 2.93. The van der Waals surface area contributed by atoms with Crippen molar-refractivity contribution < 1.29 is 66.7 Å². The minimum absolute atomic E-state index is 0.00637. The first kappa shape index (κ1) is 52.0. The molecular formula is C44H62N4O14S2. The Morgan fingerprint density at radius 3 is 1.30 bits per heavy atom. The number of nitrogens with one attached hydrogen (secondary N) is 2. The summed E-state index contributed by atoms with van der Waals surface area (Å²) in [5, 5.41) is 5.34. The van der Waals surface area contributed by atoms with Crippen molar-refractivity contribution in [1.82, 2.24) is 20.4 Å². The van der Waals surface area contributed by atoms with E-state index >= 15 is 0 Å². The van der Waals surface area contributed by atoms with E-state index in [0.717, 1.165) is 49.7 Å². The van der Waals surface area contributed by atoms with Crippen LogP contribution in [0, 0.1) is 0 Å². The van der Waals surface area contributed by atoms with E-state index < -0.39 is 47.8 Å². The van der Waals surface area contributed by atoms with Crippen LogP contribution in [0.25, 0.3) is 0 Å². The van der Waals surface area contributed by atoms with Gasteiger partial charge in [-0.2, -0.15) is 0 Å². The fraction of sp³-hybridized carbons (Fsp3) is 0.591. The summed E-state index contributed by atoms with van der Waals surface area (Å²) in [6, 6.07) is 12.0. The fourth-order valence-corrected chi connectivity index (χ4v) is 8.44. The fourth-order valence-electron chi connectivity index (χ4n) is 6.14. The molecule has 2 aromatic carbocycles. The van der Waals surface area contributed by atoms with Gasteiger partial charge in [-0.1, -0.05) is 45.9 Å². The van der Waals surface area contributed by atoms with Crippen molar-refractivity contribution in [2.24, 2.45) is 0 Å². The van der Waals surface area contributed by atoms with E-state index in [9.17, 15) is 28.8 Å². The number of likely N-dealkylation sites (N-methyl/N-ethyl adjacent to an activating group) is 2. The van der Waals surface area contributed by atoms with Crippen LogP contribution in [0.1, 0.15) is 49.7 Å². The molecule has 4 unspecified atom stereocenters. The number of amides is 2. The zero-order valence-corrected chi connectivity index (χ0v) is 38.7. The monoisotopic (exact) mass is 934 g/mol. The van der Waals surface area contributed by atoms with Gasteiger partial charge in [-0.15, -0.1) is 0 Å². The number of ether oxygens (including phenoxy) is 8. The number of esters is 4. The number of nitrogens with zero attached hydrogens (tertiary/aromatic N) is 2. The molecule has 0 aliphatic carbocycles. The Kier molecular flexibility index (Phi) is 23.6. The zero-order chi connectivity index (χ0) is 46.1. The number of rotatable bonds is 27. The molecule has 2 N–H and O–H groups in total. The first-order valence-corrected chi connectivity index (χ1v) is 23.8. The lowest BCUT2D eigenvalue weighted by atomic mass is 10.1. The number of hydrogen-bond donors (Lipinski definition) is 2. The van der Waals surface area contributed by atoms with Gasteiger partial charge in [0.1, 0.15) is 50.0 Å². The van der Waals surface area contributed by atoms with Crippen LogP contribution < -0.4 is 20.1 Å². The van der Waals surface area contributed by atoms with Crippen molar-refractivity contribution in [3.8, 4) is 11.5 Å². The molecular weight excluding hydrogens is 873 g/mol. The summed E-state index contributed by atoms with van der Waals surface area (Å²) in [6.45, 7) is 0.507. The molecule has 0 saturated carbocycles. The van der Waals surface area contributed by atoms with Crippen LogP contribution in [0.2, 0.25) is 0 Å². The largest absolute Gasteiger partial charge is 0.465 e. The summed E-state index contributed by atoms with van der Waals surface area (Å²) in [4.78, 5) is 79.8. The SMILES string of the molecule is CN(C)CC(=O)NC(CSSCC(NC(=O)CN(C)C)C(=O)OCCOC(=O)Cc1ccc(OC2CCCCO2)cc1)C(=O)OCCOC(=O)Cc1ccc(OC2CCCCO2)cc1. The summed E-state index contributed by atoms with van der Waals surface area (Å²) in [5.41, 5.74) is 1.44. The Bertz CT molecular complexity index is 1630. The lowest BCUT2D eigenvalue weighted by molar-refractivity contribution is -0.153. The first-order valence-electron chi connectivity index (χ1n) is 21.3. The van der Waals surface area contributed by atoms with Crippen LogP contribution in [0.4, 0.5) is 0 Å². The molecule has 20 heteroatoms. The highest BCUT2D eigenvalue weighted by molar-refractivity contribution is 8.76. The van der Waals surface area contributed by atoms with Gasteiger partial charge in [-0.25, -0.2) is 9.59 Å². The lowest BCUT2D eigenvalue weighted by Crippen LogP contribution is -2.47.